The summed E-state index contributed by atoms with van der Waals surface area (Å²) in [5.41, 5.74) is 17.2. The maximum atomic E-state index is 6.27. The maximum Gasteiger partial charge on any atom is 0.0648 e. The lowest BCUT2D eigenvalue weighted by atomic mass is 9.82. The number of allylic oxidation sites excluding steroid dienone is 2. The minimum atomic E-state index is -0.318. The summed E-state index contributed by atoms with van der Waals surface area (Å²) in [5, 5.41) is 2.63. The number of hydrogen-bond acceptors (Lipinski definition) is 3. The molecular formula is C45H34Br2N2S. The average molecular weight is 795 g/mol. The molecule has 0 saturated carbocycles. The summed E-state index contributed by atoms with van der Waals surface area (Å²) in [6.45, 7) is 2.36. The van der Waals surface area contributed by atoms with Crippen LogP contribution < -0.4 is 10.6 Å². The lowest BCUT2D eigenvalue weighted by Crippen LogP contribution is -2.42. The van der Waals surface area contributed by atoms with Gasteiger partial charge < -0.3 is 10.6 Å². The molecule has 2 N–H and O–H groups in total. The summed E-state index contributed by atoms with van der Waals surface area (Å²) >= 11 is 8.90. The van der Waals surface area contributed by atoms with Crippen molar-refractivity contribution < 1.29 is 0 Å². The summed E-state index contributed by atoms with van der Waals surface area (Å²) < 4.78 is 3.53. The molecule has 0 bridgehead atoms. The molecule has 1 atom stereocenters. The van der Waals surface area contributed by atoms with Crippen LogP contribution in [0.3, 0.4) is 0 Å². The molecule has 0 amide bonds. The van der Waals surface area contributed by atoms with Crippen LogP contribution in [0.2, 0.25) is 0 Å². The van der Waals surface area contributed by atoms with Crippen molar-refractivity contribution >= 4 is 90.5 Å². The molecule has 5 heteroatoms. The van der Waals surface area contributed by atoms with Crippen LogP contribution in [0.15, 0.2) is 163 Å². The first-order valence-corrected chi connectivity index (χ1v) is 19.1. The van der Waals surface area contributed by atoms with Gasteiger partial charge in [0, 0.05) is 47.3 Å². The zero-order valence-electron chi connectivity index (χ0n) is 27.5. The number of nitrogens with zero attached hydrogens (tertiary/aromatic N) is 1. The van der Waals surface area contributed by atoms with Gasteiger partial charge in [0.15, 0.2) is 0 Å². The molecule has 6 aromatic carbocycles. The summed E-state index contributed by atoms with van der Waals surface area (Å²) in [7, 11) is 0. The van der Waals surface area contributed by atoms with Gasteiger partial charge in [-0.3, -0.25) is 0 Å². The van der Waals surface area contributed by atoms with E-state index in [-0.39, 0.29) is 5.54 Å². The summed E-state index contributed by atoms with van der Waals surface area (Å²) in [6.07, 6.45) is 7.70. The largest absolute Gasteiger partial charge is 0.398 e. The monoisotopic (exact) mass is 792 g/mol. The zero-order valence-corrected chi connectivity index (χ0v) is 31.5. The van der Waals surface area contributed by atoms with Crippen molar-refractivity contribution in [3.8, 4) is 22.3 Å². The molecule has 1 heterocycles. The fourth-order valence-corrected chi connectivity index (χ4v) is 8.86. The minimum absolute atomic E-state index is 0.318. The second-order valence-corrected chi connectivity index (χ2v) is 15.3. The first-order chi connectivity index (χ1) is 24.4. The van der Waals surface area contributed by atoms with Crippen molar-refractivity contribution in [1.29, 1.82) is 0 Å². The van der Waals surface area contributed by atoms with Gasteiger partial charge in [-0.2, -0.15) is 0 Å². The molecule has 2 nitrogen and oxygen atoms in total. The van der Waals surface area contributed by atoms with E-state index < -0.39 is 0 Å². The number of benzene rings is 6. The molecule has 1 unspecified atom stereocenters. The Balaban J connectivity index is 1.16. The molecule has 1 aliphatic rings. The van der Waals surface area contributed by atoms with E-state index in [2.05, 4.69) is 195 Å². The molecule has 1 aromatic heterocycles. The van der Waals surface area contributed by atoms with Crippen molar-refractivity contribution in [2.45, 2.75) is 18.9 Å². The Labute approximate surface area is 314 Å². The van der Waals surface area contributed by atoms with E-state index >= 15 is 0 Å². The third-order valence-corrected chi connectivity index (χ3v) is 12.5. The first-order valence-electron chi connectivity index (χ1n) is 16.6. The number of hydrogen-bond donors (Lipinski definition) is 1. The Hall–Kier alpha value is -4.68. The predicted octanol–water partition coefficient (Wildman–Crippen LogP) is 14.0. The molecule has 8 rings (SSSR count). The van der Waals surface area contributed by atoms with Crippen LogP contribution in [0.5, 0.6) is 0 Å². The summed E-state index contributed by atoms with van der Waals surface area (Å²) in [6, 6.07) is 50.4. The normalized spacial score (nSPS) is 16.1. The van der Waals surface area contributed by atoms with E-state index in [0.29, 0.717) is 0 Å². The molecular weight excluding hydrogens is 760 g/mol. The number of nitrogen functional groups attached to an aromatic ring is 1. The van der Waals surface area contributed by atoms with E-state index in [9.17, 15) is 0 Å². The molecule has 0 spiro atoms. The number of anilines is 3. The summed E-state index contributed by atoms with van der Waals surface area (Å²) in [5.74, 6) is 0. The highest BCUT2D eigenvalue weighted by Gasteiger charge is 2.34. The Morgan fingerprint density at radius 3 is 2.08 bits per heavy atom. The molecule has 0 radical (unpaired) electrons. The molecule has 0 aliphatic heterocycles. The van der Waals surface area contributed by atoms with Crippen molar-refractivity contribution in [1.82, 2.24) is 0 Å². The van der Waals surface area contributed by atoms with Crippen LogP contribution in [0.25, 0.3) is 52.5 Å². The van der Waals surface area contributed by atoms with Crippen LogP contribution >= 0.6 is 43.2 Å². The fraction of sp³-hybridized carbons (Fsp3) is 0.0667. The van der Waals surface area contributed by atoms with Gasteiger partial charge >= 0.3 is 0 Å². The van der Waals surface area contributed by atoms with Gasteiger partial charge in [-0.1, -0.05) is 131 Å². The van der Waals surface area contributed by atoms with Crippen LogP contribution in [0.4, 0.5) is 17.1 Å². The summed E-state index contributed by atoms with van der Waals surface area (Å²) in [4.78, 5) is 4.36. The molecule has 0 fully saturated rings. The van der Waals surface area contributed by atoms with Crippen LogP contribution in [-0.4, -0.2) is 5.54 Å². The second kappa shape index (κ2) is 13.6. The van der Waals surface area contributed by atoms with E-state index in [1.165, 1.54) is 48.1 Å². The lowest BCUT2D eigenvalue weighted by molar-refractivity contribution is 0.578. The van der Waals surface area contributed by atoms with Crippen molar-refractivity contribution in [2.24, 2.45) is 0 Å². The smallest absolute Gasteiger partial charge is 0.0648 e. The second-order valence-electron chi connectivity index (χ2n) is 12.9. The number of halogens is 2. The average Bonchev–Trinajstić information content (AvgIpc) is 3.53. The third kappa shape index (κ3) is 6.15. The van der Waals surface area contributed by atoms with E-state index in [1.807, 2.05) is 22.4 Å². The SMILES string of the molecule is CC1(N(c2ccc(-c3ccccc3)cc2)c2ccc3c(c2)sc2ccccc23)C=CC=C(c2ccc(-c3ccc(N)c(/C(Br)=C/Br)c3)cc2)C1. The highest BCUT2D eigenvalue weighted by molar-refractivity contribution is 9.16. The predicted molar refractivity (Wildman–Crippen MR) is 226 cm³/mol. The molecule has 0 saturated heterocycles. The molecule has 50 heavy (non-hydrogen) atoms. The van der Waals surface area contributed by atoms with Crippen molar-refractivity contribution in [2.75, 3.05) is 10.6 Å². The van der Waals surface area contributed by atoms with Gasteiger partial charge in [0.05, 0.1) is 5.54 Å². The topological polar surface area (TPSA) is 29.3 Å². The van der Waals surface area contributed by atoms with Crippen LogP contribution in [0, 0.1) is 0 Å². The van der Waals surface area contributed by atoms with Gasteiger partial charge in [-0.05, 0) is 110 Å². The molecule has 244 valence electrons. The van der Waals surface area contributed by atoms with Crippen molar-refractivity contribution in [3.63, 3.8) is 0 Å². The zero-order chi connectivity index (χ0) is 34.2. The van der Waals surface area contributed by atoms with Gasteiger partial charge in [0.1, 0.15) is 0 Å². The van der Waals surface area contributed by atoms with Gasteiger partial charge in [0.2, 0.25) is 0 Å². The molecule has 7 aromatic rings. The quantitative estimate of drug-likeness (QED) is 0.163. The Bertz CT molecular complexity index is 2440. The van der Waals surface area contributed by atoms with E-state index in [1.54, 1.807) is 0 Å². The Morgan fingerprint density at radius 2 is 1.30 bits per heavy atom. The number of nitrogens with two attached hydrogens (primary N) is 1. The van der Waals surface area contributed by atoms with Crippen LogP contribution in [-0.2, 0) is 0 Å². The van der Waals surface area contributed by atoms with Crippen molar-refractivity contribution in [3.05, 3.63) is 174 Å². The van der Waals surface area contributed by atoms with Gasteiger partial charge in [-0.25, -0.2) is 0 Å². The Morgan fingerprint density at radius 1 is 0.680 bits per heavy atom. The highest BCUT2D eigenvalue weighted by Crippen LogP contribution is 2.45. The highest BCUT2D eigenvalue weighted by atomic mass is 79.9. The number of thiophene rings is 1. The first kappa shape index (κ1) is 32.5. The van der Waals surface area contributed by atoms with E-state index in [4.69, 9.17) is 5.73 Å². The van der Waals surface area contributed by atoms with Crippen LogP contribution in [0.1, 0.15) is 24.5 Å². The van der Waals surface area contributed by atoms with Gasteiger partial charge in [0.25, 0.3) is 0 Å². The maximum absolute atomic E-state index is 6.27. The minimum Gasteiger partial charge on any atom is -0.398 e. The Kier molecular flexibility index (Phi) is 8.82. The molecule has 1 aliphatic carbocycles. The fourth-order valence-electron chi connectivity index (χ4n) is 7.13. The third-order valence-electron chi connectivity index (χ3n) is 9.66. The van der Waals surface area contributed by atoms with Gasteiger partial charge in [-0.15, -0.1) is 11.3 Å². The lowest BCUT2D eigenvalue weighted by Gasteiger charge is -2.43. The number of fused-ring (bicyclic) bond motifs is 3. The van der Waals surface area contributed by atoms with E-state index in [0.717, 1.165) is 39.0 Å². The number of rotatable bonds is 7. The standard InChI is InChI=1S/C45H34Br2N2S/c1-45(25-7-10-35(28-45)33-15-13-32(14-16-33)34-19-24-42(48)40(26-34)41(47)29-46)49(36-20-17-31(18-21-36)30-8-3-2-4-9-30)37-22-23-39-38-11-5-6-12-43(38)50-44(39)27-37/h2-27,29H,28,48H2,1H3/b41-29-.